The molecule has 1 amide bonds. The molecule has 2 aromatic rings. The molecule has 0 spiro atoms. The van der Waals surface area contributed by atoms with Crippen molar-refractivity contribution in [1.29, 1.82) is 0 Å². The van der Waals surface area contributed by atoms with E-state index in [9.17, 15) is 14.0 Å². The van der Waals surface area contributed by atoms with Crippen LogP contribution >= 0.6 is 11.6 Å². The number of piperazine rings is 1. The molecule has 1 aliphatic rings. The third-order valence-corrected chi connectivity index (χ3v) is 4.76. The molecule has 0 aromatic heterocycles. The number of rotatable bonds is 5. The number of nitrogens with one attached hydrogen (secondary N) is 1. The first-order valence-corrected chi connectivity index (χ1v) is 8.97. The molecule has 3 rings (SSSR count). The number of carbonyl (C=O) groups is 2. The van der Waals surface area contributed by atoms with Gasteiger partial charge in [-0.05, 0) is 42.0 Å². The van der Waals surface area contributed by atoms with E-state index in [1.54, 1.807) is 11.0 Å². The van der Waals surface area contributed by atoms with Crippen molar-refractivity contribution in [3.05, 3.63) is 70.5 Å². The van der Waals surface area contributed by atoms with Gasteiger partial charge in [0.25, 0.3) is 0 Å². The molecule has 1 saturated heterocycles. The van der Waals surface area contributed by atoms with Gasteiger partial charge in [-0.2, -0.15) is 0 Å². The molecule has 4 nitrogen and oxygen atoms in total. The van der Waals surface area contributed by atoms with Crippen molar-refractivity contribution in [2.45, 2.75) is 18.9 Å². The second kappa shape index (κ2) is 8.43. The highest BCUT2D eigenvalue weighted by Crippen LogP contribution is 2.25. The van der Waals surface area contributed by atoms with E-state index in [0.29, 0.717) is 30.2 Å². The minimum Gasteiger partial charge on any atom is -0.333 e. The highest BCUT2D eigenvalue weighted by Gasteiger charge is 2.28. The lowest BCUT2D eigenvalue weighted by molar-refractivity contribution is -0.134. The summed E-state index contributed by atoms with van der Waals surface area (Å²) in [6, 6.07) is 12.8. The highest BCUT2D eigenvalue weighted by atomic mass is 35.5. The highest BCUT2D eigenvalue weighted by molar-refractivity contribution is 6.30. The maximum Gasteiger partial charge on any atom is 0.223 e. The third-order valence-electron chi connectivity index (χ3n) is 4.53. The van der Waals surface area contributed by atoms with Crippen LogP contribution in [0.4, 0.5) is 4.39 Å². The second-order valence-corrected chi connectivity index (χ2v) is 6.73. The van der Waals surface area contributed by atoms with Gasteiger partial charge in [0.05, 0.1) is 6.04 Å². The fraction of sp³-hybridized carbons (Fsp3) is 0.300. The van der Waals surface area contributed by atoms with Gasteiger partial charge in [-0.15, -0.1) is 0 Å². The van der Waals surface area contributed by atoms with Crippen molar-refractivity contribution in [1.82, 2.24) is 10.2 Å². The Bertz CT molecular complexity index is 795. The van der Waals surface area contributed by atoms with Crippen molar-refractivity contribution < 1.29 is 14.0 Å². The van der Waals surface area contributed by atoms with Crippen molar-refractivity contribution >= 4 is 23.3 Å². The fourth-order valence-electron chi connectivity index (χ4n) is 3.16. The van der Waals surface area contributed by atoms with Crippen molar-refractivity contribution in [3.63, 3.8) is 0 Å². The number of amides is 1. The Morgan fingerprint density at radius 3 is 2.65 bits per heavy atom. The fourth-order valence-corrected chi connectivity index (χ4v) is 3.36. The first kappa shape index (κ1) is 18.5. The molecule has 0 aliphatic carbocycles. The number of hydrogen-bond acceptors (Lipinski definition) is 3. The van der Waals surface area contributed by atoms with Crippen LogP contribution in [0.2, 0.25) is 5.02 Å². The normalized spacial score (nSPS) is 17.2. The average molecular weight is 375 g/mol. The van der Waals surface area contributed by atoms with Crippen molar-refractivity contribution in [2.75, 3.05) is 19.6 Å². The molecular weight excluding hydrogens is 355 g/mol. The molecule has 2 aromatic carbocycles. The number of carbonyl (C=O) groups excluding carboxylic acids is 2. The summed E-state index contributed by atoms with van der Waals surface area (Å²) in [7, 11) is 0. The van der Waals surface area contributed by atoms with Gasteiger partial charge >= 0.3 is 0 Å². The summed E-state index contributed by atoms with van der Waals surface area (Å²) in [6.45, 7) is 1.95. The molecule has 1 unspecified atom stereocenters. The molecule has 6 heteroatoms. The molecule has 1 aliphatic heterocycles. The van der Waals surface area contributed by atoms with Crippen LogP contribution in [0.1, 0.15) is 34.8 Å². The van der Waals surface area contributed by atoms with Crippen LogP contribution in [0.15, 0.2) is 48.5 Å². The Hall–Kier alpha value is -2.24. The van der Waals surface area contributed by atoms with Gasteiger partial charge in [-0.1, -0.05) is 23.7 Å². The first-order chi connectivity index (χ1) is 12.5. The molecule has 26 heavy (non-hydrogen) atoms. The van der Waals surface area contributed by atoms with Gasteiger partial charge in [0.2, 0.25) is 5.91 Å². The van der Waals surface area contributed by atoms with Crippen molar-refractivity contribution in [3.8, 4) is 0 Å². The van der Waals surface area contributed by atoms with Crippen LogP contribution in [0, 0.1) is 5.82 Å². The summed E-state index contributed by atoms with van der Waals surface area (Å²) in [5.74, 6) is -0.609. The average Bonchev–Trinajstić information content (AvgIpc) is 2.66. The standard InChI is InChI=1S/C20H20ClFN2O2/c21-16-3-1-2-15(12-16)18-13-23-10-11-24(18)20(26)9-8-19(25)14-4-6-17(22)7-5-14/h1-7,12,18,23H,8-11,13H2. The van der Waals surface area contributed by atoms with E-state index in [4.69, 9.17) is 11.6 Å². The minimum atomic E-state index is -0.386. The zero-order chi connectivity index (χ0) is 18.5. The molecule has 1 heterocycles. The Kier molecular flexibility index (Phi) is 6.01. The largest absolute Gasteiger partial charge is 0.333 e. The lowest BCUT2D eigenvalue weighted by Crippen LogP contribution is -2.48. The van der Waals surface area contributed by atoms with Crippen LogP contribution in [0.5, 0.6) is 0 Å². The summed E-state index contributed by atoms with van der Waals surface area (Å²) in [5, 5.41) is 3.93. The molecule has 1 fully saturated rings. The van der Waals surface area contributed by atoms with Gasteiger partial charge in [0.15, 0.2) is 5.78 Å². The van der Waals surface area contributed by atoms with E-state index in [1.165, 1.54) is 24.3 Å². The molecule has 1 atom stereocenters. The Labute approximate surface area is 157 Å². The van der Waals surface area contributed by atoms with Gasteiger partial charge in [0, 0.05) is 43.1 Å². The smallest absolute Gasteiger partial charge is 0.223 e. The van der Waals surface area contributed by atoms with E-state index in [2.05, 4.69) is 5.32 Å². The van der Waals surface area contributed by atoms with Gasteiger partial charge in [-0.3, -0.25) is 9.59 Å². The van der Waals surface area contributed by atoms with E-state index < -0.39 is 0 Å². The third kappa shape index (κ3) is 4.48. The van der Waals surface area contributed by atoms with Crippen LogP contribution in [0.3, 0.4) is 0 Å². The Balaban J connectivity index is 1.65. The summed E-state index contributed by atoms with van der Waals surface area (Å²) >= 11 is 6.08. The zero-order valence-corrected chi connectivity index (χ0v) is 15.0. The van der Waals surface area contributed by atoms with E-state index >= 15 is 0 Å². The molecule has 0 radical (unpaired) electrons. The number of nitrogens with zero attached hydrogens (tertiary/aromatic N) is 1. The van der Waals surface area contributed by atoms with E-state index in [1.807, 2.05) is 18.2 Å². The quantitative estimate of drug-likeness (QED) is 0.813. The molecular formula is C20H20ClFN2O2. The maximum absolute atomic E-state index is 13.0. The number of benzene rings is 2. The van der Waals surface area contributed by atoms with Gasteiger partial charge in [-0.25, -0.2) is 4.39 Å². The predicted octanol–water partition coefficient (Wildman–Crippen LogP) is 3.62. The summed E-state index contributed by atoms with van der Waals surface area (Å²) in [6.07, 6.45) is 0.240. The molecule has 0 bridgehead atoms. The lowest BCUT2D eigenvalue weighted by Gasteiger charge is -2.36. The second-order valence-electron chi connectivity index (χ2n) is 6.29. The zero-order valence-electron chi connectivity index (χ0n) is 14.3. The van der Waals surface area contributed by atoms with Crippen LogP contribution in [0.25, 0.3) is 0 Å². The van der Waals surface area contributed by atoms with Crippen LogP contribution < -0.4 is 5.32 Å². The monoisotopic (exact) mass is 374 g/mol. The number of ketones is 1. The summed E-state index contributed by atoms with van der Waals surface area (Å²) in [4.78, 5) is 26.7. The van der Waals surface area contributed by atoms with Crippen LogP contribution in [-0.2, 0) is 4.79 Å². The molecule has 136 valence electrons. The van der Waals surface area contributed by atoms with E-state index in [0.717, 1.165) is 5.56 Å². The van der Waals surface area contributed by atoms with Crippen LogP contribution in [-0.4, -0.2) is 36.2 Å². The van der Waals surface area contributed by atoms with Crippen molar-refractivity contribution in [2.24, 2.45) is 0 Å². The lowest BCUT2D eigenvalue weighted by atomic mass is 10.0. The number of Topliss-reactive ketones (excluding diaryl/α,β-unsaturated/α-hetero) is 1. The van der Waals surface area contributed by atoms with Gasteiger partial charge in [0.1, 0.15) is 5.82 Å². The maximum atomic E-state index is 13.0. The Morgan fingerprint density at radius 2 is 1.92 bits per heavy atom. The first-order valence-electron chi connectivity index (χ1n) is 8.59. The number of hydrogen-bond donors (Lipinski definition) is 1. The SMILES string of the molecule is O=C(CCC(=O)N1CCNCC1c1cccc(Cl)c1)c1ccc(F)cc1. The van der Waals surface area contributed by atoms with E-state index in [-0.39, 0.29) is 36.4 Å². The molecule has 0 saturated carbocycles. The van der Waals surface area contributed by atoms with Gasteiger partial charge < -0.3 is 10.2 Å². The minimum absolute atomic E-state index is 0.0630. The predicted molar refractivity (Wildman–Crippen MR) is 98.7 cm³/mol. The summed E-state index contributed by atoms with van der Waals surface area (Å²) in [5.41, 5.74) is 1.40. The molecule has 1 N–H and O–H groups in total. The number of halogens is 2. The topological polar surface area (TPSA) is 49.4 Å². The summed E-state index contributed by atoms with van der Waals surface area (Å²) < 4.78 is 13.0. The Morgan fingerprint density at radius 1 is 1.15 bits per heavy atom.